The van der Waals surface area contributed by atoms with Crippen molar-refractivity contribution in [3.05, 3.63) is 44.8 Å². The highest BCUT2D eigenvalue weighted by atomic mass is 35.5. The molecule has 11 nitrogen and oxygen atoms in total. The third kappa shape index (κ3) is 4.62. The van der Waals surface area contributed by atoms with Gasteiger partial charge in [-0.15, -0.1) is 0 Å². The highest BCUT2D eigenvalue weighted by Crippen LogP contribution is 2.35. The van der Waals surface area contributed by atoms with E-state index in [0.717, 1.165) is 11.8 Å². The second-order valence-corrected chi connectivity index (χ2v) is 8.40. The molecule has 2 heterocycles. The second kappa shape index (κ2) is 9.65. The molecule has 0 aliphatic carbocycles. The summed E-state index contributed by atoms with van der Waals surface area (Å²) in [5, 5.41) is 24.2. The Morgan fingerprint density at radius 1 is 1.39 bits per heavy atom. The van der Waals surface area contributed by atoms with E-state index in [2.05, 4.69) is 15.6 Å². The number of rotatable bonds is 6. The molecule has 1 unspecified atom stereocenters. The molecular formula is C20H17ClN7O4S+. The number of nitrogens with zero attached hydrogens (tertiary/aromatic N) is 4. The van der Waals surface area contributed by atoms with Gasteiger partial charge in [-0.1, -0.05) is 28.0 Å². The molecule has 0 aliphatic rings. The predicted octanol–water partition coefficient (Wildman–Crippen LogP) is 1.96. The number of anilines is 2. The Kier molecular flexibility index (Phi) is 6.92. The van der Waals surface area contributed by atoms with E-state index < -0.39 is 16.8 Å². The molecule has 3 aromatic rings. The predicted molar refractivity (Wildman–Crippen MR) is 120 cm³/mol. The topological polar surface area (TPSA) is 175 Å². The van der Waals surface area contributed by atoms with Crippen molar-refractivity contribution < 1.29 is 18.7 Å². The van der Waals surface area contributed by atoms with E-state index in [1.165, 1.54) is 24.9 Å². The minimum atomic E-state index is -0.800. The van der Waals surface area contributed by atoms with Crippen LogP contribution in [-0.4, -0.2) is 28.5 Å². The number of aromatic amines is 1. The number of aryl methyl sites for hydroxylation is 1. The first-order chi connectivity index (χ1) is 15.7. The number of pyridine rings is 1. The lowest BCUT2D eigenvalue weighted by atomic mass is 10.0. The van der Waals surface area contributed by atoms with Gasteiger partial charge in [0.15, 0.2) is 7.05 Å². The van der Waals surface area contributed by atoms with Gasteiger partial charge in [-0.25, -0.2) is 9.78 Å². The van der Waals surface area contributed by atoms with Crippen molar-refractivity contribution in [2.75, 3.05) is 18.2 Å². The fourth-order valence-electron chi connectivity index (χ4n) is 2.96. The van der Waals surface area contributed by atoms with E-state index in [0.29, 0.717) is 16.5 Å². The Morgan fingerprint density at radius 2 is 2.09 bits per heavy atom. The Bertz CT molecular complexity index is 1390. The molecule has 168 valence electrons. The fourth-order valence-corrected chi connectivity index (χ4v) is 4.05. The number of halogens is 1. The van der Waals surface area contributed by atoms with Crippen LogP contribution in [0.5, 0.6) is 5.75 Å². The van der Waals surface area contributed by atoms with Crippen LogP contribution >= 0.6 is 23.4 Å². The van der Waals surface area contributed by atoms with Crippen LogP contribution < -0.4 is 26.1 Å². The number of benzene rings is 1. The Balaban J connectivity index is 2.02. The second-order valence-electron chi connectivity index (χ2n) is 6.63. The number of nitrogens with two attached hydrogens (primary N) is 1. The number of carbonyl (C=O) groups excluding carboxylic acids is 1. The molecule has 0 spiro atoms. The van der Waals surface area contributed by atoms with Gasteiger partial charge in [0.1, 0.15) is 39.9 Å². The average Bonchev–Trinajstić information content (AvgIpc) is 3.11. The number of hydrogen-bond acceptors (Lipinski definition) is 9. The molecule has 0 saturated heterocycles. The molecule has 4 N–H and O–H groups in total. The summed E-state index contributed by atoms with van der Waals surface area (Å²) in [6.45, 7) is 1.60. The lowest BCUT2D eigenvalue weighted by molar-refractivity contribution is -0.730. The maximum Gasteiger partial charge on any atom is 0.435 e. The number of nitrogens with one attached hydrogen (secondary N) is 2. The highest BCUT2D eigenvalue weighted by Gasteiger charge is 2.32. The van der Waals surface area contributed by atoms with Gasteiger partial charge >= 0.3 is 11.3 Å². The van der Waals surface area contributed by atoms with Gasteiger partial charge in [-0.2, -0.15) is 10.5 Å². The fraction of sp³-hybridized carbons (Fsp3) is 0.200. The van der Waals surface area contributed by atoms with Crippen molar-refractivity contribution >= 4 is 40.8 Å². The zero-order valence-corrected chi connectivity index (χ0v) is 19.2. The van der Waals surface area contributed by atoms with Crippen LogP contribution in [-0.2, 0) is 11.8 Å². The SMILES string of the molecule is COc1ccc(Cl)cc1NC(=O)C(C)Sc1nc(N)c(C#N)c(-c2c(=O)o[nH][n+]2C)c1C#N. The van der Waals surface area contributed by atoms with Gasteiger partial charge in [-0.3, -0.25) is 9.32 Å². The summed E-state index contributed by atoms with van der Waals surface area (Å²) in [7, 11) is 2.93. The van der Waals surface area contributed by atoms with E-state index in [1.807, 2.05) is 12.1 Å². The molecule has 1 amide bonds. The van der Waals surface area contributed by atoms with Gasteiger partial charge < -0.3 is 15.8 Å². The molecule has 0 radical (unpaired) electrons. The van der Waals surface area contributed by atoms with Crippen LogP contribution in [0, 0.1) is 22.7 Å². The lowest BCUT2D eigenvalue weighted by Gasteiger charge is -2.15. The Hall–Kier alpha value is -4.00. The van der Waals surface area contributed by atoms with Crippen LogP contribution in [0.4, 0.5) is 11.5 Å². The van der Waals surface area contributed by atoms with E-state index in [1.54, 1.807) is 19.1 Å². The monoisotopic (exact) mass is 486 g/mol. The number of amides is 1. The number of ether oxygens (including phenoxy) is 1. The minimum absolute atomic E-state index is 0.0309. The lowest BCUT2D eigenvalue weighted by Crippen LogP contribution is -2.34. The summed E-state index contributed by atoms with van der Waals surface area (Å²) in [4.78, 5) is 29.2. The van der Waals surface area contributed by atoms with E-state index in [-0.39, 0.29) is 33.2 Å². The molecule has 1 atom stereocenters. The first-order valence-corrected chi connectivity index (χ1v) is 10.5. The van der Waals surface area contributed by atoms with Gasteiger partial charge in [0, 0.05) is 5.02 Å². The van der Waals surface area contributed by atoms with Crippen molar-refractivity contribution in [3.63, 3.8) is 0 Å². The van der Waals surface area contributed by atoms with Crippen LogP contribution in [0.2, 0.25) is 5.02 Å². The quantitative estimate of drug-likeness (QED) is 0.347. The minimum Gasteiger partial charge on any atom is -0.495 e. The molecule has 1 aromatic carbocycles. The zero-order valence-electron chi connectivity index (χ0n) is 17.6. The molecule has 0 bridgehead atoms. The summed E-state index contributed by atoms with van der Waals surface area (Å²) in [5.74, 6) is -0.210. The molecule has 0 aliphatic heterocycles. The standard InChI is InChI=1S/C20H16ClN7O4S/c1-9(18(29)25-13-6-10(21)4-5-14(13)31-3)33-19-12(8-23)15(11(7-22)17(24)26-19)16-20(30)32-27-28(16)2/h4-6,9H,1-3H3,(H3-,24,25,26,27,29,30)/p+1. The van der Waals surface area contributed by atoms with E-state index in [9.17, 15) is 20.1 Å². The zero-order chi connectivity index (χ0) is 24.3. The maximum absolute atomic E-state index is 12.8. The summed E-state index contributed by atoms with van der Waals surface area (Å²) in [5.41, 5.74) is 5.16. The molecule has 0 saturated carbocycles. The number of nitrogen functional groups attached to an aromatic ring is 1. The van der Waals surface area contributed by atoms with Gasteiger partial charge in [-0.05, 0) is 30.4 Å². The first-order valence-electron chi connectivity index (χ1n) is 9.24. The molecular weight excluding hydrogens is 470 g/mol. The molecule has 0 fully saturated rings. The van der Waals surface area contributed by atoms with Crippen LogP contribution in [0.15, 0.2) is 32.5 Å². The number of H-pyrrole nitrogens is 1. The third-order valence-corrected chi connectivity index (χ3v) is 5.85. The molecule has 13 heteroatoms. The summed E-state index contributed by atoms with van der Waals surface area (Å²) in [6, 6.07) is 8.61. The van der Waals surface area contributed by atoms with Crippen LogP contribution in [0.25, 0.3) is 11.3 Å². The van der Waals surface area contributed by atoms with Crippen LogP contribution in [0.1, 0.15) is 18.1 Å². The summed E-state index contributed by atoms with van der Waals surface area (Å²) >= 11 is 6.94. The largest absolute Gasteiger partial charge is 0.495 e. The number of thioether (sulfide) groups is 1. The van der Waals surface area contributed by atoms with Crippen molar-refractivity contribution in [2.24, 2.45) is 7.05 Å². The summed E-state index contributed by atoms with van der Waals surface area (Å²) < 4.78 is 11.2. The number of carbonyl (C=O) groups is 1. The van der Waals surface area contributed by atoms with E-state index >= 15 is 0 Å². The maximum atomic E-state index is 12.8. The number of aromatic nitrogens is 3. The van der Waals surface area contributed by atoms with Gasteiger partial charge in [0.05, 0.1) is 23.6 Å². The Morgan fingerprint density at radius 3 is 2.67 bits per heavy atom. The highest BCUT2D eigenvalue weighted by molar-refractivity contribution is 8.00. The normalized spacial score (nSPS) is 11.3. The molecule has 33 heavy (non-hydrogen) atoms. The molecule has 2 aromatic heterocycles. The summed E-state index contributed by atoms with van der Waals surface area (Å²) in [6.07, 6.45) is 0. The van der Waals surface area contributed by atoms with Crippen molar-refractivity contribution in [1.82, 2.24) is 10.3 Å². The number of nitriles is 2. The smallest absolute Gasteiger partial charge is 0.435 e. The Labute approximate surface area is 196 Å². The van der Waals surface area contributed by atoms with Gasteiger partial charge in [0.25, 0.3) is 0 Å². The molecule has 3 rings (SSSR count). The van der Waals surface area contributed by atoms with Crippen molar-refractivity contribution in [3.8, 4) is 29.1 Å². The number of hydrogen-bond donors (Lipinski definition) is 3. The van der Waals surface area contributed by atoms with Crippen LogP contribution in [0.3, 0.4) is 0 Å². The first kappa shape index (κ1) is 23.7. The third-order valence-electron chi connectivity index (χ3n) is 4.53. The average molecular weight is 487 g/mol. The van der Waals surface area contributed by atoms with Crippen molar-refractivity contribution in [1.29, 1.82) is 10.5 Å². The van der Waals surface area contributed by atoms with Gasteiger partial charge in [0.2, 0.25) is 5.91 Å². The van der Waals surface area contributed by atoms with E-state index in [4.69, 9.17) is 26.6 Å². The number of methoxy groups -OCH3 is 1. The van der Waals surface area contributed by atoms with Crippen molar-refractivity contribution in [2.45, 2.75) is 17.2 Å².